The van der Waals surface area contributed by atoms with E-state index < -0.39 is 0 Å². The van der Waals surface area contributed by atoms with Crippen LogP contribution in [0.2, 0.25) is 0 Å². The molecule has 30 heavy (non-hydrogen) atoms. The SMILES string of the molecule is COc1c(/C(C)=C/C(=O)Nc2ccon2)cc2c(-c3ccc(Br)cc3)coc2c1C. The van der Waals surface area contributed by atoms with Gasteiger partial charge in [-0.25, -0.2) is 0 Å². The predicted octanol–water partition coefficient (Wildman–Crippen LogP) is 6.21. The topological polar surface area (TPSA) is 77.5 Å². The average molecular weight is 467 g/mol. The van der Waals surface area contributed by atoms with Gasteiger partial charge in [0.1, 0.15) is 17.6 Å². The third-order valence-electron chi connectivity index (χ3n) is 4.86. The van der Waals surface area contributed by atoms with Crippen LogP contribution in [0.3, 0.4) is 0 Å². The van der Waals surface area contributed by atoms with Crippen molar-refractivity contribution < 1.29 is 18.5 Å². The number of nitrogens with zero attached hydrogens (tertiary/aromatic N) is 1. The van der Waals surface area contributed by atoms with E-state index in [0.29, 0.717) is 11.6 Å². The van der Waals surface area contributed by atoms with Crippen molar-refractivity contribution >= 4 is 44.2 Å². The summed E-state index contributed by atoms with van der Waals surface area (Å²) in [7, 11) is 1.61. The third kappa shape index (κ3) is 3.76. The fraction of sp³-hybridized carbons (Fsp3) is 0.130. The summed E-state index contributed by atoms with van der Waals surface area (Å²) in [6.07, 6.45) is 4.66. The molecule has 0 saturated carbocycles. The number of aryl methyl sites for hydroxylation is 1. The number of aromatic nitrogens is 1. The second-order valence-corrected chi connectivity index (χ2v) is 7.73. The number of ether oxygens (including phenoxy) is 1. The number of rotatable bonds is 5. The standard InChI is InChI=1S/C23H19BrN2O4/c1-13(10-21(27)25-20-8-9-30-26-20)17-11-18-19(15-4-6-16(24)7-5-15)12-29-23(18)14(2)22(17)28-3/h4-12H,1-3H3,(H,25,26,27)/b13-10+. The van der Waals surface area contributed by atoms with Gasteiger partial charge in [-0.3, -0.25) is 4.79 Å². The second-order valence-electron chi connectivity index (χ2n) is 6.82. The van der Waals surface area contributed by atoms with Crippen molar-refractivity contribution in [3.63, 3.8) is 0 Å². The van der Waals surface area contributed by atoms with Gasteiger partial charge in [-0.15, -0.1) is 0 Å². The van der Waals surface area contributed by atoms with Crippen LogP contribution < -0.4 is 10.1 Å². The van der Waals surface area contributed by atoms with Crippen molar-refractivity contribution in [3.8, 4) is 16.9 Å². The van der Waals surface area contributed by atoms with E-state index >= 15 is 0 Å². The summed E-state index contributed by atoms with van der Waals surface area (Å²) >= 11 is 3.47. The minimum absolute atomic E-state index is 0.304. The molecular formula is C23H19BrN2O4. The molecular weight excluding hydrogens is 448 g/mol. The Labute approximate surface area is 181 Å². The number of hydrogen-bond acceptors (Lipinski definition) is 5. The zero-order valence-electron chi connectivity index (χ0n) is 16.7. The monoisotopic (exact) mass is 466 g/mol. The van der Waals surface area contributed by atoms with Crippen molar-refractivity contribution in [2.24, 2.45) is 0 Å². The molecule has 0 aliphatic rings. The quantitative estimate of drug-likeness (QED) is 0.353. The van der Waals surface area contributed by atoms with Crippen molar-refractivity contribution in [3.05, 3.63) is 70.6 Å². The maximum atomic E-state index is 12.4. The molecule has 0 spiro atoms. The van der Waals surface area contributed by atoms with Crippen LogP contribution >= 0.6 is 15.9 Å². The summed E-state index contributed by atoms with van der Waals surface area (Å²) in [4.78, 5) is 12.4. The lowest BCUT2D eigenvalue weighted by Crippen LogP contribution is -2.09. The van der Waals surface area contributed by atoms with E-state index in [9.17, 15) is 4.79 Å². The lowest BCUT2D eigenvalue weighted by atomic mass is 9.96. The van der Waals surface area contributed by atoms with Crippen LogP contribution in [-0.4, -0.2) is 18.2 Å². The number of anilines is 1. The van der Waals surface area contributed by atoms with Crippen molar-refractivity contribution in [1.82, 2.24) is 5.16 Å². The molecule has 2 aromatic heterocycles. The first kappa shape index (κ1) is 20.0. The molecule has 0 unspecified atom stereocenters. The third-order valence-corrected chi connectivity index (χ3v) is 5.39. The van der Waals surface area contributed by atoms with Crippen LogP contribution in [0.4, 0.5) is 5.82 Å². The molecule has 4 rings (SSSR count). The number of furan rings is 1. The van der Waals surface area contributed by atoms with Gasteiger partial charge in [-0.2, -0.15) is 0 Å². The molecule has 0 saturated heterocycles. The highest BCUT2D eigenvalue weighted by molar-refractivity contribution is 9.10. The van der Waals surface area contributed by atoms with E-state index in [1.54, 1.807) is 19.4 Å². The van der Waals surface area contributed by atoms with Gasteiger partial charge < -0.3 is 19.0 Å². The molecule has 1 amide bonds. The Morgan fingerprint density at radius 2 is 2.00 bits per heavy atom. The molecule has 2 aromatic carbocycles. The molecule has 2 heterocycles. The molecule has 0 atom stereocenters. The zero-order valence-corrected chi connectivity index (χ0v) is 18.2. The minimum atomic E-state index is -0.304. The molecule has 1 N–H and O–H groups in total. The first-order chi connectivity index (χ1) is 14.5. The lowest BCUT2D eigenvalue weighted by Gasteiger charge is -2.13. The van der Waals surface area contributed by atoms with Gasteiger partial charge in [-0.1, -0.05) is 33.2 Å². The van der Waals surface area contributed by atoms with Gasteiger partial charge in [0.2, 0.25) is 5.91 Å². The van der Waals surface area contributed by atoms with Gasteiger partial charge in [0.05, 0.1) is 13.4 Å². The number of amides is 1. The van der Waals surface area contributed by atoms with Gasteiger partial charge in [0.25, 0.3) is 0 Å². The molecule has 0 aliphatic carbocycles. The number of methoxy groups -OCH3 is 1. The summed E-state index contributed by atoms with van der Waals surface area (Å²) in [5, 5.41) is 7.31. The smallest absolute Gasteiger partial charge is 0.249 e. The molecule has 0 bridgehead atoms. The van der Waals surface area contributed by atoms with Crippen LogP contribution in [0.1, 0.15) is 18.1 Å². The van der Waals surface area contributed by atoms with E-state index in [1.807, 2.05) is 44.2 Å². The largest absolute Gasteiger partial charge is 0.496 e. The molecule has 0 fully saturated rings. The minimum Gasteiger partial charge on any atom is -0.496 e. The number of hydrogen-bond donors (Lipinski definition) is 1. The summed E-state index contributed by atoms with van der Waals surface area (Å²) < 4.78 is 17.3. The zero-order chi connectivity index (χ0) is 21.3. The summed E-state index contributed by atoms with van der Waals surface area (Å²) in [6, 6.07) is 11.6. The number of carbonyl (C=O) groups excluding carboxylic acids is 1. The van der Waals surface area contributed by atoms with Crippen molar-refractivity contribution in [2.75, 3.05) is 12.4 Å². The number of halogens is 1. The van der Waals surface area contributed by atoms with E-state index in [0.717, 1.165) is 43.3 Å². The lowest BCUT2D eigenvalue weighted by molar-refractivity contribution is -0.111. The maximum Gasteiger partial charge on any atom is 0.249 e. The first-order valence-electron chi connectivity index (χ1n) is 9.22. The van der Waals surface area contributed by atoms with Crippen molar-refractivity contribution in [2.45, 2.75) is 13.8 Å². The van der Waals surface area contributed by atoms with E-state index in [1.165, 1.54) is 12.3 Å². The Hall–Kier alpha value is -3.32. The normalized spacial score (nSPS) is 11.7. The van der Waals surface area contributed by atoms with E-state index in [2.05, 4.69) is 26.4 Å². The molecule has 7 heteroatoms. The Morgan fingerprint density at radius 3 is 2.67 bits per heavy atom. The Balaban J connectivity index is 1.80. The summed E-state index contributed by atoms with van der Waals surface area (Å²) in [5.74, 6) is 0.721. The Morgan fingerprint density at radius 1 is 1.23 bits per heavy atom. The molecule has 0 aliphatic heterocycles. The van der Waals surface area contributed by atoms with Gasteiger partial charge in [-0.05, 0) is 43.2 Å². The molecule has 6 nitrogen and oxygen atoms in total. The van der Waals surface area contributed by atoms with Crippen molar-refractivity contribution in [1.29, 1.82) is 0 Å². The highest BCUT2D eigenvalue weighted by Crippen LogP contribution is 2.40. The number of nitrogens with one attached hydrogen (secondary N) is 1. The first-order valence-corrected chi connectivity index (χ1v) is 10.0. The average Bonchev–Trinajstić information content (AvgIpc) is 3.38. The second kappa shape index (κ2) is 8.20. The maximum absolute atomic E-state index is 12.4. The summed E-state index contributed by atoms with van der Waals surface area (Å²) in [6.45, 7) is 3.81. The van der Waals surface area contributed by atoms with Gasteiger partial charge >= 0.3 is 0 Å². The number of allylic oxidation sites excluding steroid dienone is 1. The number of carbonyl (C=O) groups is 1. The fourth-order valence-electron chi connectivity index (χ4n) is 3.44. The van der Waals surface area contributed by atoms with Crippen LogP contribution in [0, 0.1) is 6.92 Å². The number of fused-ring (bicyclic) bond motifs is 1. The highest BCUT2D eigenvalue weighted by Gasteiger charge is 2.19. The molecule has 152 valence electrons. The Kier molecular flexibility index (Phi) is 5.46. The van der Waals surface area contributed by atoms with E-state index in [4.69, 9.17) is 13.7 Å². The van der Waals surface area contributed by atoms with Gasteiger partial charge in [0, 0.05) is 38.7 Å². The molecule has 4 aromatic rings. The Bertz CT molecular complexity index is 1240. The van der Waals surface area contributed by atoms with Crippen LogP contribution in [0.25, 0.3) is 27.7 Å². The summed E-state index contributed by atoms with van der Waals surface area (Å²) in [5.41, 5.74) is 5.21. The van der Waals surface area contributed by atoms with Crippen LogP contribution in [0.15, 0.2) is 68.4 Å². The van der Waals surface area contributed by atoms with Crippen LogP contribution in [0.5, 0.6) is 5.75 Å². The predicted molar refractivity (Wildman–Crippen MR) is 119 cm³/mol. The molecule has 0 radical (unpaired) electrons. The number of benzene rings is 2. The van der Waals surface area contributed by atoms with Gasteiger partial charge in [0.15, 0.2) is 5.82 Å². The van der Waals surface area contributed by atoms with E-state index in [-0.39, 0.29) is 5.91 Å². The fourth-order valence-corrected chi connectivity index (χ4v) is 3.70. The highest BCUT2D eigenvalue weighted by atomic mass is 79.9. The van der Waals surface area contributed by atoms with Crippen LogP contribution in [-0.2, 0) is 4.79 Å².